The normalized spacial score (nSPS) is 14.9. The molecule has 1 aliphatic carbocycles. The number of rotatable bonds is 1. The lowest BCUT2D eigenvalue weighted by atomic mass is 10.1. The molecule has 1 heterocycles. The van der Waals surface area contributed by atoms with E-state index in [4.69, 9.17) is 4.42 Å². The second kappa shape index (κ2) is 2.26. The fourth-order valence-electron chi connectivity index (χ4n) is 1.74. The summed E-state index contributed by atoms with van der Waals surface area (Å²) < 4.78 is 5.33. The van der Waals surface area contributed by atoms with Gasteiger partial charge in [0.2, 0.25) is 0 Å². The standard InChI is InChI=1S/C10H12O/c1-3-8-4-5-9-6-11-7(2)10(8)9/h4,6H,3,5H2,1-2H3. The fraction of sp³-hybridized carbons (Fsp3) is 0.400. The Morgan fingerprint density at radius 1 is 1.55 bits per heavy atom. The molecular weight excluding hydrogens is 136 g/mol. The van der Waals surface area contributed by atoms with Crippen LogP contribution in [0.5, 0.6) is 0 Å². The minimum absolute atomic E-state index is 1.07. The molecule has 0 unspecified atom stereocenters. The van der Waals surface area contributed by atoms with Crippen LogP contribution in [0.25, 0.3) is 5.57 Å². The van der Waals surface area contributed by atoms with Gasteiger partial charge in [0.25, 0.3) is 0 Å². The molecule has 0 N–H and O–H groups in total. The first-order valence-corrected chi connectivity index (χ1v) is 4.09. The summed E-state index contributed by atoms with van der Waals surface area (Å²) >= 11 is 0. The Morgan fingerprint density at radius 2 is 2.36 bits per heavy atom. The summed E-state index contributed by atoms with van der Waals surface area (Å²) in [6.07, 6.45) is 6.36. The van der Waals surface area contributed by atoms with Crippen molar-refractivity contribution in [3.05, 3.63) is 29.2 Å². The van der Waals surface area contributed by atoms with Gasteiger partial charge in [0.1, 0.15) is 5.76 Å². The maximum absolute atomic E-state index is 5.33. The molecule has 0 saturated carbocycles. The van der Waals surface area contributed by atoms with E-state index in [1.807, 2.05) is 13.2 Å². The Morgan fingerprint density at radius 3 is 3.09 bits per heavy atom. The van der Waals surface area contributed by atoms with Gasteiger partial charge in [-0.15, -0.1) is 0 Å². The Balaban J connectivity index is 2.52. The summed E-state index contributed by atoms with van der Waals surface area (Å²) in [7, 11) is 0. The quantitative estimate of drug-likeness (QED) is 0.596. The molecule has 1 aromatic heterocycles. The van der Waals surface area contributed by atoms with E-state index in [1.165, 1.54) is 16.7 Å². The van der Waals surface area contributed by atoms with Crippen molar-refractivity contribution in [3.8, 4) is 0 Å². The number of hydrogen-bond donors (Lipinski definition) is 0. The van der Waals surface area contributed by atoms with E-state index in [0.717, 1.165) is 18.6 Å². The zero-order valence-corrected chi connectivity index (χ0v) is 6.98. The third-order valence-electron chi connectivity index (χ3n) is 2.32. The van der Waals surface area contributed by atoms with E-state index in [9.17, 15) is 0 Å². The van der Waals surface area contributed by atoms with E-state index in [-0.39, 0.29) is 0 Å². The number of furan rings is 1. The van der Waals surface area contributed by atoms with Gasteiger partial charge < -0.3 is 4.42 Å². The number of hydrogen-bond acceptors (Lipinski definition) is 1. The molecule has 0 aliphatic heterocycles. The second-order valence-corrected chi connectivity index (χ2v) is 2.98. The SMILES string of the molecule is CCC1=CCc2coc(C)c21. The van der Waals surface area contributed by atoms with Crippen LogP contribution >= 0.6 is 0 Å². The van der Waals surface area contributed by atoms with E-state index in [2.05, 4.69) is 13.0 Å². The summed E-state index contributed by atoms with van der Waals surface area (Å²) in [6.45, 7) is 4.22. The Bertz CT molecular complexity index is 305. The van der Waals surface area contributed by atoms with Gasteiger partial charge in [-0.05, 0) is 25.3 Å². The summed E-state index contributed by atoms with van der Waals surface area (Å²) in [5.74, 6) is 1.07. The predicted octanol–water partition coefficient (Wildman–Crippen LogP) is 2.94. The smallest absolute Gasteiger partial charge is 0.108 e. The van der Waals surface area contributed by atoms with Crippen molar-refractivity contribution in [2.45, 2.75) is 26.7 Å². The van der Waals surface area contributed by atoms with Gasteiger partial charge in [0.15, 0.2) is 0 Å². The molecule has 0 radical (unpaired) electrons. The zero-order chi connectivity index (χ0) is 7.84. The largest absolute Gasteiger partial charge is 0.469 e. The van der Waals surface area contributed by atoms with Gasteiger partial charge in [-0.2, -0.15) is 0 Å². The van der Waals surface area contributed by atoms with Crippen molar-refractivity contribution in [3.63, 3.8) is 0 Å². The highest BCUT2D eigenvalue weighted by atomic mass is 16.3. The third-order valence-corrected chi connectivity index (χ3v) is 2.32. The second-order valence-electron chi connectivity index (χ2n) is 2.98. The molecule has 1 nitrogen and oxygen atoms in total. The molecule has 1 heteroatoms. The van der Waals surface area contributed by atoms with Crippen LogP contribution in [0.2, 0.25) is 0 Å². The van der Waals surface area contributed by atoms with Gasteiger partial charge >= 0.3 is 0 Å². The summed E-state index contributed by atoms with van der Waals surface area (Å²) in [5.41, 5.74) is 4.18. The van der Waals surface area contributed by atoms with Crippen LogP contribution in [0.4, 0.5) is 0 Å². The van der Waals surface area contributed by atoms with Gasteiger partial charge in [-0.25, -0.2) is 0 Å². The van der Waals surface area contributed by atoms with Crippen LogP contribution in [-0.2, 0) is 6.42 Å². The molecule has 1 aliphatic rings. The molecule has 58 valence electrons. The minimum atomic E-state index is 1.07. The summed E-state index contributed by atoms with van der Waals surface area (Å²) in [4.78, 5) is 0. The minimum Gasteiger partial charge on any atom is -0.469 e. The van der Waals surface area contributed by atoms with Crippen molar-refractivity contribution in [2.24, 2.45) is 0 Å². The molecule has 2 rings (SSSR count). The Hall–Kier alpha value is -0.980. The molecule has 1 aromatic rings. The Kier molecular flexibility index (Phi) is 1.38. The van der Waals surface area contributed by atoms with Crippen LogP contribution < -0.4 is 0 Å². The number of aryl methyl sites for hydroxylation is 1. The fourth-order valence-corrected chi connectivity index (χ4v) is 1.74. The molecule has 0 atom stereocenters. The molecule has 11 heavy (non-hydrogen) atoms. The topological polar surface area (TPSA) is 13.1 Å². The lowest BCUT2D eigenvalue weighted by molar-refractivity contribution is 0.531. The van der Waals surface area contributed by atoms with Gasteiger partial charge in [0.05, 0.1) is 6.26 Å². The van der Waals surface area contributed by atoms with Crippen LogP contribution in [0, 0.1) is 6.92 Å². The molecule has 0 aromatic carbocycles. The average molecular weight is 148 g/mol. The van der Waals surface area contributed by atoms with Gasteiger partial charge in [-0.1, -0.05) is 13.0 Å². The van der Waals surface area contributed by atoms with Gasteiger partial charge in [-0.3, -0.25) is 0 Å². The predicted molar refractivity (Wildman–Crippen MR) is 45.4 cm³/mol. The van der Waals surface area contributed by atoms with Gasteiger partial charge in [0, 0.05) is 11.1 Å². The maximum atomic E-state index is 5.33. The monoisotopic (exact) mass is 148 g/mol. The van der Waals surface area contributed by atoms with Crippen LogP contribution in [-0.4, -0.2) is 0 Å². The van der Waals surface area contributed by atoms with Crippen molar-refractivity contribution in [2.75, 3.05) is 0 Å². The van der Waals surface area contributed by atoms with E-state index in [1.54, 1.807) is 0 Å². The molecule has 0 amide bonds. The van der Waals surface area contributed by atoms with Crippen molar-refractivity contribution < 1.29 is 4.42 Å². The number of fused-ring (bicyclic) bond motifs is 1. The first-order chi connectivity index (χ1) is 5.33. The molecule has 0 fully saturated rings. The maximum Gasteiger partial charge on any atom is 0.108 e. The summed E-state index contributed by atoms with van der Waals surface area (Å²) in [6, 6.07) is 0. The lowest BCUT2D eigenvalue weighted by Gasteiger charge is -1.96. The van der Waals surface area contributed by atoms with E-state index >= 15 is 0 Å². The Labute approximate surface area is 66.7 Å². The first kappa shape index (κ1) is 6.71. The lowest BCUT2D eigenvalue weighted by Crippen LogP contribution is -1.79. The average Bonchev–Trinajstić information content (AvgIpc) is 2.54. The third kappa shape index (κ3) is 0.839. The number of allylic oxidation sites excluding steroid dienone is 2. The van der Waals surface area contributed by atoms with Crippen molar-refractivity contribution >= 4 is 5.57 Å². The highest BCUT2D eigenvalue weighted by Gasteiger charge is 2.17. The van der Waals surface area contributed by atoms with Crippen LogP contribution in [0.3, 0.4) is 0 Å². The van der Waals surface area contributed by atoms with Crippen LogP contribution in [0.15, 0.2) is 16.8 Å². The highest BCUT2D eigenvalue weighted by molar-refractivity contribution is 5.73. The van der Waals surface area contributed by atoms with E-state index in [0.29, 0.717) is 0 Å². The summed E-state index contributed by atoms with van der Waals surface area (Å²) in [5, 5.41) is 0. The molecular formula is C10H12O. The first-order valence-electron chi connectivity index (χ1n) is 4.09. The highest BCUT2D eigenvalue weighted by Crippen LogP contribution is 2.33. The molecule has 0 bridgehead atoms. The van der Waals surface area contributed by atoms with Crippen molar-refractivity contribution in [1.29, 1.82) is 0 Å². The van der Waals surface area contributed by atoms with Crippen LogP contribution in [0.1, 0.15) is 30.2 Å². The van der Waals surface area contributed by atoms with Crippen molar-refractivity contribution in [1.82, 2.24) is 0 Å². The molecule has 0 saturated heterocycles. The molecule has 0 spiro atoms. The zero-order valence-electron chi connectivity index (χ0n) is 6.98. The van der Waals surface area contributed by atoms with E-state index < -0.39 is 0 Å².